The van der Waals surface area contributed by atoms with Crippen LogP contribution in [0.3, 0.4) is 0 Å². The van der Waals surface area contributed by atoms with Crippen molar-refractivity contribution in [3.8, 4) is 5.75 Å². The number of carbonyl (C=O) groups excluding carboxylic acids is 1. The molecule has 1 atom stereocenters. The molecule has 1 aromatic rings. The van der Waals surface area contributed by atoms with Crippen LogP contribution in [0.15, 0.2) is 18.2 Å². The number of nitrogens with one attached hydrogen (secondary N) is 1. The second kappa shape index (κ2) is 5.92. The summed E-state index contributed by atoms with van der Waals surface area (Å²) in [5.74, 6) is 3.39. The number of amides is 1. The molecule has 98 valence electrons. The average Bonchev–Trinajstić information content (AvgIpc) is 2.34. The van der Waals surface area contributed by atoms with Crippen LogP contribution >= 0.6 is 0 Å². The molecule has 1 unspecified atom stereocenters. The second-order valence-corrected chi connectivity index (χ2v) is 3.39. The van der Waals surface area contributed by atoms with Crippen molar-refractivity contribution in [2.45, 2.75) is 19.4 Å². The summed E-state index contributed by atoms with van der Waals surface area (Å²) in [4.78, 5) is 20.8. The SMILES string of the molecule is CCC(Oc1ccc([N+](=O)[O-])c(F)c1)C(=O)NN. The molecule has 0 aromatic heterocycles. The Bertz CT molecular complexity index is 466. The van der Waals surface area contributed by atoms with Gasteiger partial charge in [0.15, 0.2) is 6.10 Å². The molecule has 0 aliphatic rings. The van der Waals surface area contributed by atoms with Crippen molar-refractivity contribution in [1.29, 1.82) is 0 Å². The lowest BCUT2D eigenvalue weighted by molar-refractivity contribution is -0.387. The van der Waals surface area contributed by atoms with Crippen LogP contribution in [0.4, 0.5) is 10.1 Å². The lowest BCUT2D eigenvalue weighted by Crippen LogP contribution is -2.41. The van der Waals surface area contributed by atoms with E-state index in [2.05, 4.69) is 0 Å². The van der Waals surface area contributed by atoms with Crippen molar-refractivity contribution in [3.05, 3.63) is 34.1 Å². The predicted molar refractivity (Wildman–Crippen MR) is 60.1 cm³/mol. The number of halogens is 1. The number of rotatable bonds is 5. The van der Waals surface area contributed by atoms with E-state index in [4.69, 9.17) is 10.6 Å². The number of nitro benzene ring substituents is 1. The van der Waals surface area contributed by atoms with Gasteiger partial charge in [-0.3, -0.25) is 20.3 Å². The van der Waals surface area contributed by atoms with E-state index >= 15 is 0 Å². The Morgan fingerprint density at radius 1 is 1.67 bits per heavy atom. The Hall–Kier alpha value is -2.22. The maximum absolute atomic E-state index is 13.3. The molecular formula is C10H12FN3O4. The highest BCUT2D eigenvalue weighted by Crippen LogP contribution is 2.23. The molecule has 0 spiro atoms. The summed E-state index contributed by atoms with van der Waals surface area (Å²) in [6.45, 7) is 1.68. The minimum atomic E-state index is -1.03. The number of hydrogen-bond acceptors (Lipinski definition) is 5. The molecule has 1 aromatic carbocycles. The van der Waals surface area contributed by atoms with Crippen molar-refractivity contribution < 1.29 is 18.8 Å². The molecule has 0 heterocycles. The minimum Gasteiger partial charge on any atom is -0.480 e. The van der Waals surface area contributed by atoms with Crippen LogP contribution in [0.25, 0.3) is 0 Å². The second-order valence-electron chi connectivity index (χ2n) is 3.39. The average molecular weight is 257 g/mol. The van der Waals surface area contributed by atoms with Gasteiger partial charge in [0.1, 0.15) is 5.75 Å². The number of carbonyl (C=O) groups is 1. The molecule has 1 rings (SSSR count). The molecule has 0 fully saturated rings. The first-order chi connectivity index (χ1) is 8.49. The summed E-state index contributed by atoms with van der Waals surface area (Å²) in [7, 11) is 0. The fourth-order valence-electron chi connectivity index (χ4n) is 1.29. The molecular weight excluding hydrogens is 245 g/mol. The smallest absolute Gasteiger partial charge is 0.305 e. The first-order valence-corrected chi connectivity index (χ1v) is 5.10. The van der Waals surface area contributed by atoms with Crippen molar-refractivity contribution in [2.24, 2.45) is 5.84 Å². The van der Waals surface area contributed by atoms with E-state index in [1.165, 1.54) is 6.07 Å². The molecule has 1 amide bonds. The van der Waals surface area contributed by atoms with Crippen molar-refractivity contribution >= 4 is 11.6 Å². The van der Waals surface area contributed by atoms with Crippen LogP contribution in [0.5, 0.6) is 5.75 Å². The quantitative estimate of drug-likeness (QED) is 0.352. The van der Waals surface area contributed by atoms with Gasteiger partial charge in [0.05, 0.1) is 4.92 Å². The van der Waals surface area contributed by atoms with Crippen molar-refractivity contribution in [3.63, 3.8) is 0 Å². The molecule has 3 N–H and O–H groups in total. The Kier molecular flexibility index (Phi) is 4.55. The molecule has 0 aliphatic carbocycles. The van der Waals surface area contributed by atoms with E-state index in [-0.39, 0.29) is 5.75 Å². The first-order valence-electron chi connectivity index (χ1n) is 5.10. The van der Waals surface area contributed by atoms with E-state index in [0.29, 0.717) is 6.42 Å². The minimum absolute atomic E-state index is 0.0218. The zero-order chi connectivity index (χ0) is 13.7. The van der Waals surface area contributed by atoms with Gasteiger partial charge < -0.3 is 4.74 Å². The molecule has 0 saturated heterocycles. The monoisotopic (exact) mass is 257 g/mol. The number of hydrogen-bond donors (Lipinski definition) is 2. The first kappa shape index (κ1) is 13.8. The molecule has 0 saturated carbocycles. The molecule has 7 nitrogen and oxygen atoms in total. The Balaban J connectivity index is 2.88. The fourth-order valence-corrected chi connectivity index (χ4v) is 1.29. The third kappa shape index (κ3) is 3.14. The highest BCUT2D eigenvalue weighted by atomic mass is 19.1. The van der Waals surface area contributed by atoms with E-state index in [0.717, 1.165) is 12.1 Å². The normalized spacial score (nSPS) is 11.7. The van der Waals surface area contributed by atoms with Crippen LogP contribution in [-0.2, 0) is 4.79 Å². The number of hydrazine groups is 1. The van der Waals surface area contributed by atoms with Gasteiger partial charge in [0, 0.05) is 12.1 Å². The van der Waals surface area contributed by atoms with Crippen LogP contribution in [0, 0.1) is 15.9 Å². The summed E-state index contributed by atoms with van der Waals surface area (Å²) in [6.07, 6.45) is -0.558. The fraction of sp³-hybridized carbons (Fsp3) is 0.300. The number of nitro groups is 1. The van der Waals surface area contributed by atoms with Crippen LogP contribution in [0.1, 0.15) is 13.3 Å². The van der Waals surface area contributed by atoms with Gasteiger partial charge in [-0.05, 0) is 12.5 Å². The number of nitrogens with two attached hydrogens (primary N) is 1. The van der Waals surface area contributed by atoms with Gasteiger partial charge in [-0.1, -0.05) is 6.92 Å². The standard InChI is InChI=1S/C10H12FN3O4/c1-2-9(10(15)13-12)18-6-3-4-8(14(16)17)7(11)5-6/h3-5,9H,2,12H2,1H3,(H,13,15). The molecule has 8 heteroatoms. The van der Waals surface area contributed by atoms with E-state index in [9.17, 15) is 19.3 Å². The largest absolute Gasteiger partial charge is 0.480 e. The molecule has 18 heavy (non-hydrogen) atoms. The zero-order valence-electron chi connectivity index (χ0n) is 9.55. The van der Waals surface area contributed by atoms with Crippen LogP contribution in [-0.4, -0.2) is 16.9 Å². The maximum atomic E-state index is 13.3. The lowest BCUT2D eigenvalue weighted by atomic mass is 10.2. The van der Waals surface area contributed by atoms with Gasteiger partial charge in [0.2, 0.25) is 5.82 Å². The Morgan fingerprint density at radius 3 is 2.78 bits per heavy atom. The Morgan fingerprint density at radius 2 is 2.33 bits per heavy atom. The summed E-state index contributed by atoms with van der Waals surface area (Å²) < 4.78 is 18.5. The third-order valence-electron chi connectivity index (χ3n) is 2.20. The number of benzene rings is 1. The highest BCUT2D eigenvalue weighted by Gasteiger charge is 2.19. The molecule has 0 radical (unpaired) electrons. The maximum Gasteiger partial charge on any atom is 0.305 e. The lowest BCUT2D eigenvalue weighted by Gasteiger charge is -2.15. The molecule has 0 bridgehead atoms. The topological polar surface area (TPSA) is 107 Å². The van der Waals surface area contributed by atoms with Gasteiger partial charge >= 0.3 is 5.69 Å². The van der Waals surface area contributed by atoms with Crippen molar-refractivity contribution in [1.82, 2.24) is 5.43 Å². The van der Waals surface area contributed by atoms with E-state index in [1.807, 2.05) is 5.43 Å². The van der Waals surface area contributed by atoms with Crippen LogP contribution < -0.4 is 16.0 Å². The summed E-state index contributed by atoms with van der Waals surface area (Å²) in [5.41, 5.74) is 1.26. The number of nitrogens with zero attached hydrogens (tertiary/aromatic N) is 1. The van der Waals surface area contributed by atoms with E-state index in [1.54, 1.807) is 6.92 Å². The predicted octanol–water partition coefficient (Wildman–Crippen LogP) is 0.881. The number of ether oxygens (including phenoxy) is 1. The molecule has 0 aliphatic heterocycles. The van der Waals surface area contributed by atoms with Crippen molar-refractivity contribution in [2.75, 3.05) is 0 Å². The van der Waals surface area contributed by atoms with Gasteiger partial charge in [0.25, 0.3) is 5.91 Å². The zero-order valence-corrected chi connectivity index (χ0v) is 9.55. The van der Waals surface area contributed by atoms with Gasteiger partial charge in [-0.25, -0.2) is 5.84 Å². The van der Waals surface area contributed by atoms with Crippen LogP contribution in [0.2, 0.25) is 0 Å². The summed E-state index contributed by atoms with van der Waals surface area (Å²) in [6, 6.07) is 3.04. The van der Waals surface area contributed by atoms with E-state index < -0.39 is 28.4 Å². The third-order valence-corrected chi connectivity index (χ3v) is 2.20. The Labute approximate surface area is 102 Å². The summed E-state index contributed by atoms with van der Waals surface area (Å²) in [5, 5.41) is 10.4. The van der Waals surface area contributed by atoms with Gasteiger partial charge in [-0.15, -0.1) is 0 Å². The summed E-state index contributed by atoms with van der Waals surface area (Å²) >= 11 is 0. The highest BCUT2D eigenvalue weighted by molar-refractivity contribution is 5.80. The van der Waals surface area contributed by atoms with Gasteiger partial charge in [-0.2, -0.15) is 4.39 Å².